The van der Waals surface area contributed by atoms with Crippen LogP contribution in [0.5, 0.6) is 5.88 Å². The van der Waals surface area contributed by atoms with Crippen molar-refractivity contribution in [1.82, 2.24) is 10.3 Å². The first-order valence-corrected chi connectivity index (χ1v) is 6.23. The third-order valence-electron chi connectivity index (χ3n) is 2.91. The van der Waals surface area contributed by atoms with E-state index < -0.39 is 0 Å². The minimum absolute atomic E-state index is 0.196. The molecule has 1 amide bonds. The number of pyridine rings is 1. The summed E-state index contributed by atoms with van der Waals surface area (Å²) in [6.45, 7) is 2.32. The molecule has 104 valence electrons. The average Bonchev–Trinajstić information content (AvgIpc) is 2.45. The van der Waals surface area contributed by atoms with Gasteiger partial charge in [0.1, 0.15) is 0 Å². The monoisotopic (exact) mass is 271 g/mol. The smallest absolute Gasteiger partial charge is 0.253 e. The number of anilines is 1. The Kier molecular flexibility index (Phi) is 4.20. The van der Waals surface area contributed by atoms with E-state index in [-0.39, 0.29) is 5.91 Å². The maximum atomic E-state index is 12.0. The molecular formula is C15H17N3O2. The van der Waals surface area contributed by atoms with Gasteiger partial charge in [0.25, 0.3) is 5.91 Å². The number of carbonyl (C=O) groups is 1. The average molecular weight is 271 g/mol. The highest BCUT2D eigenvalue weighted by Crippen LogP contribution is 2.14. The van der Waals surface area contributed by atoms with Crippen LogP contribution in [0.25, 0.3) is 0 Å². The molecule has 0 saturated carbocycles. The van der Waals surface area contributed by atoms with Crippen molar-refractivity contribution in [3.05, 3.63) is 53.2 Å². The summed E-state index contributed by atoms with van der Waals surface area (Å²) in [6.07, 6.45) is 1.66. The summed E-state index contributed by atoms with van der Waals surface area (Å²) < 4.78 is 4.98. The van der Waals surface area contributed by atoms with Crippen LogP contribution >= 0.6 is 0 Å². The van der Waals surface area contributed by atoms with E-state index in [1.165, 1.54) is 0 Å². The molecule has 0 aliphatic carbocycles. The van der Waals surface area contributed by atoms with Crippen LogP contribution < -0.4 is 15.8 Å². The maximum Gasteiger partial charge on any atom is 0.253 e. The number of nitrogen functional groups attached to an aromatic ring is 1. The highest BCUT2D eigenvalue weighted by atomic mass is 16.5. The molecule has 3 N–H and O–H groups in total. The molecule has 0 spiro atoms. The summed E-state index contributed by atoms with van der Waals surface area (Å²) in [5.74, 6) is 0.348. The molecule has 1 heterocycles. The predicted octanol–water partition coefficient (Wildman–Crippen LogP) is 1.91. The number of nitrogens with one attached hydrogen (secondary N) is 1. The van der Waals surface area contributed by atoms with E-state index in [9.17, 15) is 4.79 Å². The quantitative estimate of drug-likeness (QED) is 0.833. The van der Waals surface area contributed by atoms with Gasteiger partial charge in [0.05, 0.1) is 12.7 Å². The van der Waals surface area contributed by atoms with Crippen molar-refractivity contribution >= 4 is 11.6 Å². The van der Waals surface area contributed by atoms with Crippen LogP contribution in [0.3, 0.4) is 0 Å². The molecule has 0 saturated heterocycles. The van der Waals surface area contributed by atoms with Crippen molar-refractivity contribution in [3.63, 3.8) is 0 Å². The summed E-state index contributed by atoms with van der Waals surface area (Å²) in [5.41, 5.74) is 8.72. The number of amides is 1. The molecule has 0 bridgehead atoms. The zero-order valence-electron chi connectivity index (χ0n) is 11.5. The Morgan fingerprint density at radius 3 is 2.75 bits per heavy atom. The number of aryl methyl sites for hydroxylation is 1. The first-order chi connectivity index (χ1) is 9.60. The second kappa shape index (κ2) is 6.06. The molecule has 0 radical (unpaired) electrons. The second-order valence-corrected chi connectivity index (χ2v) is 4.48. The zero-order valence-corrected chi connectivity index (χ0v) is 11.5. The zero-order chi connectivity index (χ0) is 14.5. The molecule has 2 rings (SSSR count). The number of carbonyl (C=O) groups excluding carboxylic acids is 1. The molecule has 2 aromatic rings. The van der Waals surface area contributed by atoms with Gasteiger partial charge in [-0.2, -0.15) is 0 Å². The molecule has 0 unspecified atom stereocenters. The fraction of sp³-hybridized carbons (Fsp3) is 0.200. The van der Waals surface area contributed by atoms with Crippen molar-refractivity contribution in [2.75, 3.05) is 12.8 Å². The summed E-state index contributed by atoms with van der Waals surface area (Å²) in [5, 5.41) is 2.81. The lowest BCUT2D eigenvalue weighted by Crippen LogP contribution is -2.23. The minimum Gasteiger partial charge on any atom is -0.481 e. The van der Waals surface area contributed by atoms with Crippen LogP contribution in [0.15, 0.2) is 36.5 Å². The van der Waals surface area contributed by atoms with E-state index in [0.717, 1.165) is 11.1 Å². The largest absolute Gasteiger partial charge is 0.481 e. The number of methoxy groups -OCH3 is 1. The van der Waals surface area contributed by atoms with Gasteiger partial charge in [0, 0.05) is 24.5 Å². The fourth-order valence-electron chi connectivity index (χ4n) is 1.80. The Balaban J connectivity index is 2.00. The van der Waals surface area contributed by atoms with Crippen LogP contribution in [-0.2, 0) is 6.54 Å². The fourth-order valence-corrected chi connectivity index (χ4v) is 1.80. The lowest BCUT2D eigenvalue weighted by atomic mass is 10.1. The van der Waals surface area contributed by atoms with Gasteiger partial charge < -0.3 is 15.8 Å². The van der Waals surface area contributed by atoms with Crippen molar-refractivity contribution in [3.8, 4) is 5.88 Å². The van der Waals surface area contributed by atoms with Crippen LogP contribution in [0, 0.1) is 6.92 Å². The first kappa shape index (κ1) is 13.9. The molecule has 1 aromatic carbocycles. The number of aromatic nitrogens is 1. The van der Waals surface area contributed by atoms with Crippen molar-refractivity contribution in [2.24, 2.45) is 0 Å². The van der Waals surface area contributed by atoms with Crippen LogP contribution in [-0.4, -0.2) is 18.0 Å². The van der Waals surface area contributed by atoms with Gasteiger partial charge in [0.2, 0.25) is 5.88 Å². The standard InChI is InChI=1S/C15H17N3O2/c1-10-3-5-12(13(16)7-10)15(19)18-9-11-4-6-14(20-2)17-8-11/h3-8H,9,16H2,1-2H3,(H,18,19). The molecule has 0 aliphatic heterocycles. The molecule has 1 aromatic heterocycles. The molecule has 5 heteroatoms. The van der Waals surface area contributed by atoms with Gasteiger partial charge in [-0.05, 0) is 30.2 Å². The Morgan fingerprint density at radius 1 is 1.35 bits per heavy atom. The van der Waals surface area contributed by atoms with E-state index in [1.807, 2.05) is 19.1 Å². The number of benzene rings is 1. The van der Waals surface area contributed by atoms with Crippen LogP contribution in [0.2, 0.25) is 0 Å². The van der Waals surface area contributed by atoms with Crippen LogP contribution in [0.4, 0.5) is 5.69 Å². The molecule has 20 heavy (non-hydrogen) atoms. The molecule has 0 fully saturated rings. The predicted molar refractivity (Wildman–Crippen MR) is 77.6 cm³/mol. The number of ether oxygens (including phenoxy) is 1. The first-order valence-electron chi connectivity index (χ1n) is 6.23. The second-order valence-electron chi connectivity index (χ2n) is 4.48. The van der Waals surface area contributed by atoms with Crippen molar-refractivity contribution in [1.29, 1.82) is 0 Å². The number of nitrogens with two attached hydrogens (primary N) is 1. The lowest BCUT2D eigenvalue weighted by molar-refractivity contribution is 0.0952. The van der Waals surface area contributed by atoms with Gasteiger partial charge in [-0.1, -0.05) is 12.1 Å². The summed E-state index contributed by atoms with van der Waals surface area (Å²) >= 11 is 0. The topological polar surface area (TPSA) is 77.2 Å². The molecule has 0 atom stereocenters. The van der Waals surface area contributed by atoms with E-state index in [0.29, 0.717) is 23.7 Å². The number of hydrogen-bond acceptors (Lipinski definition) is 4. The third kappa shape index (κ3) is 3.26. The lowest BCUT2D eigenvalue weighted by Gasteiger charge is -2.08. The van der Waals surface area contributed by atoms with E-state index in [4.69, 9.17) is 10.5 Å². The Bertz CT molecular complexity index is 609. The van der Waals surface area contributed by atoms with Gasteiger partial charge in [0.15, 0.2) is 0 Å². The van der Waals surface area contributed by atoms with Gasteiger partial charge >= 0.3 is 0 Å². The van der Waals surface area contributed by atoms with Crippen LogP contribution in [0.1, 0.15) is 21.5 Å². The van der Waals surface area contributed by atoms with Gasteiger partial charge in [-0.15, -0.1) is 0 Å². The highest BCUT2D eigenvalue weighted by molar-refractivity contribution is 5.99. The maximum absolute atomic E-state index is 12.0. The van der Waals surface area contributed by atoms with Crippen molar-refractivity contribution in [2.45, 2.75) is 13.5 Å². The Labute approximate surface area is 117 Å². The molecule has 5 nitrogen and oxygen atoms in total. The normalized spacial score (nSPS) is 10.1. The van der Waals surface area contributed by atoms with E-state index >= 15 is 0 Å². The van der Waals surface area contributed by atoms with E-state index in [2.05, 4.69) is 10.3 Å². The van der Waals surface area contributed by atoms with E-state index in [1.54, 1.807) is 31.5 Å². The highest BCUT2D eigenvalue weighted by Gasteiger charge is 2.09. The summed E-state index contributed by atoms with van der Waals surface area (Å²) in [6, 6.07) is 8.97. The summed E-state index contributed by atoms with van der Waals surface area (Å²) in [7, 11) is 1.56. The minimum atomic E-state index is -0.196. The molecule has 0 aliphatic rings. The van der Waals surface area contributed by atoms with Gasteiger partial charge in [-0.25, -0.2) is 4.98 Å². The SMILES string of the molecule is COc1ccc(CNC(=O)c2ccc(C)cc2N)cn1. The van der Waals surface area contributed by atoms with Gasteiger partial charge in [-0.3, -0.25) is 4.79 Å². The third-order valence-corrected chi connectivity index (χ3v) is 2.91. The number of hydrogen-bond donors (Lipinski definition) is 2. The Morgan fingerprint density at radius 2 is 2.15 bits per heavy atom. The number of nitrogens with zero attached hydrogens (tertiary/aromatic N) is 1. The number of rotatable bonds is 4. The molecular weight excluding hydrogens is 254 g/mol. The van der Waals surface area contributed by atoms with Crippen molar-refractivity contribution < 1.29 is 9.53 Å². The Hall–Kier alpha value is -2.56. The summed E-state index contributed by atoms with van der Waals surface area (Å²) in [4.78, 5) is 16.1.